The van der Waals surface area contributed by atoms with Gasteiger partial charge in [0.15, 0.2) is 0 Å². The number of nitrogens with one attached hydrogen (secondary N) is 1. The van der Waals surface area contributed by atoms with Gasteiger partial charge in [0.05, 0.1) is 12.8 Å². The average molecular weight is 367 g/mol. The highest BCUT2D eigenvalue weighted by atomic mass is 35.5. The molecule has 0 aliphatic heterocycles. The highest BCUT2D eigenvalue weighted by Gasteiger charge is 2.17. The van der Waals surface area contributed by atoms with Crippen LogP contribution in [0.5, 0.6) is 5.75 Å². The lowest BCUT2D eigenvalue weighted by Crippen LogP contribution is -2.36. The molecule has 2 aromatic carbocycles. The zero-order valence-corrected chi connectivity index (χ0v) is 14.7. The number of hydrogen-bond donors (Lipinski definition) is 1. The number of amides is 2. The smallest absolute Gasteiger partial charge is 0.244 e. The van der Waals surface area contributed by atoms with Crippen molar-refractivity contribution >= 4 is 46.4 Å². The van der Waals surface area contributed by atoms with E-state index in [9.17, 15) is 9.59 Å². The van der Waals surface area contributed by atoms with Crippen LogP contribution in [-0.2, 0) is 9.59 Å². The Balaban J connectivity index is 2.17. The molecule has 0 bridgehead atoms. The minimum Gasteiger partial charge on any atom is -0.495 e. The number of carbonyl (C=O) groups is 2. The summed E-state index contributed by atoms with van der Waals surface area (Å²) in [5.74, 6) is -0.180. The Morgan fingerprint density at radius 2 is 1.83 bits per heavy atom. The number of hydrogen-bond acceptors (Lipinski definition) is 3. The summed E-state index contributed by atoms with van der Waals surface area (Å²) in [6.45, 7) is 1.22. The molecule has 0 radical (unpaired) electrons. The lowest BCUT2D eigenvalue weighted by Gasteiger charge is -2.21. The Bertz CT molecular complexity index is 765. The van der Waals surface area contributed by atoms with Gasteiger partial charge in [0.2, 0.25) is 11.8 Å². The molecule has 2 rings (SSSR count). The first-order valence-corrected chi connectivity index (χ1v) is 7.83. The van der Waals surface area contributed by atoms with E-state index >= 15 is 0 Å². The molecule has 2 amide bonds. The van der Waals surface area contributed by atoms with E-state index < -0.39 is 0 Å². The Kier molecular flexibility index (Phi) is 6.06. The second-order valence-electron chi connectivity index (χ2n) is 4.98. The van der Waals surface area contributed by atoms with Crippen molar-refractivity contribution < 1.29 is 14.3 Å². The fourth-order valence-corrected chi connectivity index (χ4v) is 2.50. The van der Waals surface area contributed by atoms with Crippen molar-refractivity contribution in [2.75, 3.05) is 23.9 Å². The van der Waals surface area contributed by atoms with Crippen molar-refractivity contribution in [1.82, 2.24) is 0 Å². The van der Waals surface area contributed by atoms with Gasteiger partial charge in [-0.15, -0.1) is 0 Å². The molecule has 1 N–H and O–H groups in total. The summed E-state index contributed by atoms with van der Waals surface area (Å²) in [6, 6.07) is 11.6. The predicted molar refractivity (Wildman–Crippen MR) is 96.1 cm³/mol. The second-order valence-corrected chi connectivity index (χ2v) is 5.85. The molecule has 24 heavy (non-hydrogen) atoms. The second kappa shape index (κ2) is 8.04. The highest BCUT2D eigenvalue weighted by molar-refractivity contribution is 6.31. The zero-order valence-electron chi connectivity index (χ0n) is 13.2. The molecule has 0 aliphatic rings. The minimum absolute atomic E-state index is 0.161. The number of carbonyl (C=O) groups excluding carboxylic acids is 2. The van der Waals surface area contributed by atoms with E-state index in [2.05, 4.69) is 5.32 Å². The first-order chi connectivity index (χ1) is 11.4. The summed E-state index contributed by atoms with van der Waals surface area (Å²) in [7, 11) is 1.49. The quantitative estimate of drug-likeness (QED) is 0.869. The summed E-state index contributed by atoms with van der Waals surface area (Å²) >= 11 is 11.9. The van der Waals surface area contributed by atoms with Crippen LogP contribution < -0.4 is 15.0 Å². The van der Waals surface area contributed by atoms with Gasteiger partial charge in [-0.1, -0.05) is 29.3 Å². The Hall–Kier alpha value is -2.24. The molecule has 0 aliphatic carbocycles. The average Bonchev–Trinajstić information content (AvgIpc) is 2.52. The van der Waals surface area contributed by atoms with E-state index in [4.69, 9.17) is 27.9 Å². The predicted octanol–water partition coefficient (Wildman–Crippen LogP) is 3.99. The first-order valence-electron chi connectivity index (χ1n) is 7.07. The minimum atomic E-state index is -0.384. The first kappa shape index (κ1) is 18.1. The third kappa shape index (κ3) is 4.63. The molecular weight excluding hydrogens is 351 g/mol. The van der Waals surface area contributed by atoms with Crippen molar-refractivity contribution in [2.24, 2.45) is 0 Å². The Morgan fingerprint density at radius 3 is 2.46 bits per heavy atom. The van der Waals surface area contributed by atoms with Gasteiger partial charge in [0.1, 0.15) is 12.3 Å². The monoisotopic (exact) mass is 366 g/mol. The molecule has 0 saturated heterocycles. The number of anilines is 2. The van der Waals surface area contributed by atoms with E-state index in [1.165, 1.54) is 18.9 Å². The zero-order chi connectivity index (χ0) is 17.7. The van der Waals surface area contributed by atoms with Crippen molar-refractivity contribution in [2.45, 2.75) is 6.92 Å². The van der Waals surface area contributed by atoms with Gasteiger partial charge in [-0.25, -0.2) is 0 Å². The summed E-state index contributed by atoms with van der Waals surface area (Å²) in [4.78, 5) is 25.5. The highest BCUT2D eigenvalue weighted by Crippen LogP contribution is 2.28. The topological polar surface area (TPSA) is 58.6 Å². The molecule has 0 atom stereocenters. The molecular formula is C17H16Cl2N2O3. The van der Waals surface area contributed by atoms with Crippen LogP contribution in [0.15, 0.2) is 42.5 Å². The molecule has 0 unspecified atom stereocenters. The Labute approximate surface area is 150 Å². The van der Waals surface area contributed by atoms with Gasteiger partial charge >= 0.3 is 0 Å². The number of ether oxygens (including phenoxy) is 1. The van der Waals surface area contributed by atoms with Crippen LogP contribution >= 0.6 is 23.2 Å². The van der Waals surface area contributed by atoms with Crippen molar-refractivity contribution in [1.29, 1.82) is 0 Å². The maximum Gasteiger partial charge on any atom is 0.244 e. The molecule has 5 nitrogen and oxygen atoms in total. The van der Waals surface area contributed by atoms with Crippen molar-refractivity contribution in [3.63, 3.8) is 0 Å². The SMILES string of the molecule is COc1ccc(Cl)cc1NC(=O)CN(C(C)=O)c1cccc(Cl)c1. The maximum atomic E-state index is 12.3. The number of methoxy groups -OCH3 is 1. The van der Waals surface area contributed by atoms with E-state index in [1.807, 2.05) is 0 Å². The van der Waals surface area contributed by atoms with Crippen LogP contribution in [0.1, 0.15) is 6.92 Å². The van der Waals surface area contributed by atoms with Crippen LogP contribution in [0, 0.1) is 0 Å². The molecule has 0 saturated carbocycles. The van der Waals surface area contributed by atoms with Crippen LogP contribution in [0.4, 0.5) is 11.4 Å². The molecule has 7 heteroatoms. The fourth-order valence-electron chi connectivity index (χ4n) is 2.14. The molecule has 126 valence electrons. The summed E-state index contributed by atoms with van der Waals surface area (Å²) in [5.41, 5.74) is 0.979. The lowest BCUT2D eigenvalue weighted by atomic mass is 10.2. The number of nitrogens with zero attached hydrogens (tertiary/aromatic N) is 1. The van der Waals surface area contributed by atoms with E-state index in [0.29, 0.717) is 27.2 Å². The molecule has 2 aromatic rings. The van der Waals surface area contributed by atoms with Crippen LogP contribution in [0.25, 0.3) is 0 Å². The third-order valence-electron chi connectivity index (χ3n) is 3.24. The summed E-state index contributed by atoms with van der Waals surface area (Å²) in [6.07, 6.45) is 0. The van der Waals surface area contributed by atoms with Crippen LogP contribution in [0.3, 0.4) is 0 Å². The van der Waals surface area contributed by atoms with Gasteiger partial charge in [0.25, 0.3) is 0 Å². The third-order valence-corrected chi connectivity index (χ3v) is 3.71. The number of rotatable bonds is 5. The van der Waals surface area contributed by atoms with E-state index in [-0.39, 0.29) is 18.4 Å². The molecule has 0 fully saturated rings. The lowest BCUT2D eigenvalue weighted by molar-refractivity contribution is -0.120. The van der Waals surface area contributed by atoms with Crippen molar-refractivity contribution in [3.8, 4) is 5.75 Å². The summed E-state index contributed by atoms with van der Waals surface area (Å²) < 4.78 is 5.18. The molecule has 0 heterocycles. The Morgan fingerprint density at radius 1 is 1.12 bits per heavy atom. The van der Waals surface area contributed by atoms with Gasteiger partial charge in [0, 0.05) is 22.7 Å². The number of benzene rings is 2. The van der Waals surface area contributed by atoms with Crippen LogP contribution in [0.2, 0.25) is 10.0 Å². The van der Waals surface area contributed by atoms with E-state index in [1.54, 1.807) is 42.5 Å². The van der Waals surface area contributed by atoms with E-state index in [0.717, 1.165) is 0 Å². The maximum absolute atomic E-state index is 12.3. The van der Waals surface area contributed by atoms with Gasteiger partial charge in [-0.05, 0) is 36.4 Å². The fraction of sp³-hybridized carbons (Fsp3) is 0.176. The standard InChI is InChI=1S/C17H16Cl2N2O3/c1-11(22)21(14-5-3-4-12(18)8-14)10-17(23)20-15-9-13(19)6-7-16(15)24-2/h3-9H,10H2,1-2H3,(H,20,23). The van der Waals surface area contributed by atoms with Gasteiger partial charge < -0.3 is 15.0 Å². The summed E-state index contributed by atoms with van der Waals surface area (Å²) in [5, 5.41) is 3.64. The normalized spacial score (nSPS) is 10.2. The molecule has 0 spiro atoms. The largest absolute Gasteiger partial charge is 0.495 e. The number of halogens is 2. The van der Waals surface area contributed by atoms with Gasteiger partial charge in [-0.3, -0.25) is 9.59 Å². The van der Waals surface area contributed by atoms with Crippen molar-refractivity contribution in [3.05, 3.63) is 52.5 Å². The van der Waals surface area contributed by atoms with Crippen LogP contribution in [-0.4, -0.2) is 25.5 Å². The molecule has 0 aromatic heterocycles. The van der Waals surface area contributed by atoms with Gasteiger partial charge in [-0.2, -0.15) is 0 Å².